The van der Waals surface area contributed by atoms with Crippen LogP contribution in [0, 0.1) is 18.3 Å². The van der Waals surface area contributed by atoms with Crippen LogP contribution in [0.25, 0.3) is 0 Å². The van der Waals surface area contributed by atoms with Crippen LogP contribution in [-0.2, 0) is 0 Å². The first-order valence-electron chi connectivity index (χ1n) is 5.09. The van der Waals surface area contributed by atoms with Crippen LogP contribution in [0.5, 0.6) is 10.9 Å². The SMILES string of the molecule is Cc1nc(Oc2ccc(C#N)cc2Br)sc1C(=O)O. The van der Waals surface area contributed by atoms with Gasteiger partial charge in [-0.25, -0.2) is 9.78 Å². The third kappa shape index (κ3) is 2.92. The summed E-state index contributed by atoms with van der Waals surface area (Å²) in [7, 11) is 0. The Kier molecular flexibility index (Phi) is 3.83. The van der Waals surface area contributed by atoms with Gasteiger partial charge >= 0.3 is 5.97 Å². The Morgan fingerprint density at radius 2 is 2.32 bits per heavy atom. The number of rotatable bonds is 3. The molecule has 1 N–H and O–H groups in total. The molecule has 0 amide bonds. The van der Waals surface area contributed by atoms with Gasteiger partial charge in [0.25, 0.3) is 5.19 Å². The zero-order valence-electron chi connectivity index (χ0n) is 9.68. The minimum atomic E-state index is -1.02. The molecule has 0 atom stereocenters. The highest BCUT2D eigenvalue weighted by atomic mass is 79.9. The van der Waals surface area contributed by atoms with Crippen LogP contribution < -0.4 is 4.74 Å². The first-order valence-corrected chi connectivity index (χ1v) is 6.70. The summed E-state index contributed by atoms with van der Waals surface area (Å²) in [6.45, 7) is 1.61. The molecule has 0 aliphatic heterocycles. The number of aromatic nitrogens is 1. The molecular formula is C12H7BrN2O3S. The molecule has 0 fully saturated rings. The monoisotopic (exact) mass is 338 g/mol. The second kappa shape index (κ2) is 5.38. The van der Waals surface area contributed by atoms with Crippen LogP contribution in [0.4, 0.5) is 0 Å². The Morgan fingerprint density at radius 1 is 1.58 bits per heavy atom. The maximum atomic E-state index is 10.9. The van der Waals surface area contributed by atoms with Gasteiger partial charge in [0.15, 0.2) is 0 Å². The van der Waals surface area contributed by atoms with Gasteiger partial charge in [0, 0.05) is 0 Å². The predicted molar refractivity (Wildman–Crippen MR) is 72.7 cm³/mol. The van der Waals surface area contributed by atoms with E-state index in [4.69, 9.17) is 15.1 Å². The van der Waals surface area contributed by atoms with Crippen molar-refractivity contribution in [3.05, 3.63) is 38.8 Å². The Labute approximate surface area is 121 Å². The van der Waals surface area contributed by atoms with Gasteiger partial charge in [-0.05, 0) is 41.1 Å². The molecule has 5 nitrogen and oxygen atoms in total. The molecule has 1 heterocycles. The molecule has 19 heavy (non-hydrogen) atoms. The van der Waals surface area contributed by atoms with Gasteiger partial charge in [0.1, 0.15) is 10.6 Å². The van der Waals surface area contributed by atoms with Crippen molar-refractivity contribution in [3.63, 3.8) is 0 Å². The summed E-state index contributed by atoms with van der Waals surface area (Å²) in [4.78, 5) is 15.1. The van der Waals surface area contributed by atoms with Crippen LogP contribution in [0.2, 0.25) is 0 Å². The fraction of sp³-hybridized carbons (Fsp3) is 0.0833. The standard InChI is InChI=1S/C12H7BrN2O3S/c1-6-10(11(16)17)19-12(15-6)18-9-3-2-7(5-14)4-8(9)13/h2-4H,1H3,(H,16,17). The van der Waals surface area contributed by atoms with Gasteiger partial charge in [-0.1, -0.05) is 11.3 Å². The van der Waals surface area contributed by atoms with Crippen molar-refractivity contribution in [3.8, 4) is 17.0 Å². The molecule has 0 aliphatic carbocycles. The Balaban J connectivity index is 2.29. The summed E-state index contributed by atoms with van der Waals surface area (Å²) >= 11 is 4.25. The van der Waals surface area contributed by atoms with Crippen molar-refractivity contribution >= 4 is 33.2 Å². The first kappa shape index (κ1) is 13.5. The Morgan fingerprint density at radius 3 is 2.84 bits per heavy atom. The van der Waals surface area contributed by atoms with E-state index in [0.717, 1.165) is 11.3 Å². The number of carbonyl (C=O) groups is 1. The number of aromatic carboxylic acids is 1. The third-order valence-corrected chi connectivity index (χ3v) is 3.87. The smallest absolute Gasteiger partial charge is 0.347 e. The van der Waals surface area contributed by atoms with Crippen molar-refractivity contribution in [2.75, 3.05) is 0 Å². The summed E-state index contributed by atoms with van der Waals surface area (Å²) < 4.78 is 6.12. The van der Waals surface area contributed by atoms with Crippen LogP contribution in [-0.4, -0.2) is 16.1 Å². The van der Waals surface area contributed by atoms with Gasteiger partial charge in [0.2, 0.25) is 0 Å². The van der Waals surface area contributed by atoms with E-state index in [0.29, 0.717) is 21.5 Å². The molecule has 0 aliphatic rings. The quantitative estimate of drug-likeness (QED) is 0.924. The molecule has 0 bridgehead atoms. The van der Waals surface area contributed by atoms with E-state index >= 15 is 0 Å². The van der Waals surface area contributed by atoms with Crippen LogP contribution >= 0.6 is 27.3 Å². The maximum Gasteiger partial charge on any atom is 0.347 e. The lowest BCUT2D eigenvalue weighted by molar-refractivity contribution is 0.0701. The Bertz CT molecular complexity index is 691. The van der Waals surface area contributed by atoms with E-state index in [1.807, 2.05) is 6.07 Å². The average molecular weight is 339 g/mol. The number of hydrogen-bond acceptors (Lipinski definition) is 5. The lowest BCUT2D eigenvalue weighted by Crippen LogP contribution is -1.94. The fourth-order valence-corrected chi connectivity index (χ4v) is 2.59. The molecule has 0 saturated carbocycles. The highest BCUT2D eigenvalue weighted by Gasteiger charge is 2.16. The summed E-state index contributed by atoms with van der Waals surface area (Å²) in [6, 6.07) is 6.86. The van der Waals surface area contributed by atoms with Gasteiger partial charge in [-0.2, -0.15) is 5.26 Å². The van der Waals surface area contributed by atoms with E-state index < -0.39 is 5.97 Å². The number of hydrogen-bond donors (Lipinski definition) is 1. The Hall–Kier alpha value is -1.91. The summed E-state index contributed by atoms with van der Waals surface area (Å²) in [5.41, 5.74) is 0.915. The van der Waals surface area contributed by atoms with Crippen LogP contribution in [0.3, 0.4) is 0 Å². The van der Waals surface area contributed by atoms with Crippen molar-refractivity contribution in [1.29, 1.82) is 5.26 Å². The molecule has 1 aromatic heterocycles. The number of thiazole rings is 1. The fourth-order valence-electron chi connectivity index (χ4n) is 1.36. The minimum absolute atomic E-state index is 0.153. The number of nitriles is 1. The maximum absolute atomic E-state index is 10.9. The number of carboxylic acids is 1. The molecule has 0 saturated heterocycles. The topological polar surface area (TPSA) is 83.2 Å². The third-order valence-electron chi connectivity index (χ3n) is 2.23. The van der Waals surface area contributed by atoms with E-state index in [2.05, 4.69) is 20.9 Å². The normalized spacial score (nSPS) is 9.95. The zero-order chi connectivity index (χ0) is 14.0. The molecule has 0 spiro atoms. The van der Waals surface area contributed by atoms with Crippen LogP contribution in [0.1, 0.15) is 20.9 Å². The lowest BCUT2D eigenvalue weighted by Gasteiger charge is -2.03. The first-order chi connectivity index (χ1) is 9.01. The number of carboxylic acid groups (broad SMARTS) is 1. The van der Waals surface area contributed by atoms with Gasteiger partial charge in [-0.15, -0.1) is 0 Å². The second-order valence-corrected chi connectivity index (χ2v) is 5.37. The zero-order valence-corrected chi connectivity index (χ0v) is 12.1. The molecule has 2 aromatic rings. The largest absolute Gasteiger partial charge is 0.477 e. The molecular weight excluding hydrogens is 332 g/mol. The average Bonchev–Trinajstić information content (AvgIpc) is 2.73. The number of nitrogens with zero attached hydrogens (tertiary/aromatic N) is 2. The lowest BCUT2D eigenvalue weighted by atomic mass is 10.2. The van der Waals surface area contributed by atoms with Crippen LogP contribution in [0.15, 0.2) is 22.7 Å². The molecule has 2 rings (SSSR count). The van der Waals surface area contributed by atoms with E-state index in [1.54, 1.807) is 25.1 Å². The van der Waals surface area contributed by atoms with E-state index in [-0.39, 0.29) is 10.1 Å². The number of aryl methyl sites for hydroxylation is 1. The summed E-state index contributed by atoms with van der Waals surface area (Å²) in [6.07, 6.45) is 0. The van der Waals surface area contributed by atoms with Gasteiger partial charge in [-0.3, -0.25) is 0 Å². The van der Waals surface area contributed by atoms with E-state index in [1.165, 1.54) is 0 Å². The summed E-state index contributed by atoms with van der Waals surface area (Å²) in [5.74, 6) is -0.548. The second-order valence-electron chi connectivity index (χ2n) is 3.56. The molecule has 7 heteroatoms. The predicted octanol–water partition coefficient (Wildman–Crippen LogP) is 3.58. The molecule has 96 valence electrons. The van der Waals surface area contributed by atoms with Gasteiger partial charge < -0.3 is 9.84 Å². The molecule has 0 unspecified atom stereocenters. The number of benzene rings is 1. The van der Waals surface area contributed by atoms with Gasteiger partial charge in [0.05, 0.1) is 21.8 Å². The van der Waals surface area contributed by atoms with E-state index in [9.17, 15) is 4.79 Å². The highest BCUT2D eigenvalue weighted by Crippen LogP contribution is 2.33. The summed E-state index contributed by atoms with van der Waals surface area (Å²) in [5, 5.41) is 17.9. The molecule has 1 aromatic carbocycles. The molecule has 0 radical (unpaired) electrons. The number of halogens is 1. The van der Waals surface area contributed by atoms with Crippen molar-refractivity contribution < 1.29 is 14.6 Å². The minimum Gasteiger partial charge on any atom is -0.477 e. The van der Waals surface area contributed by atoms with Crippen molar-refractivity contribution in [2.24, 2.45) is 0 Å². The van der Waals surface area contributed by atoms with Crippen molar-refractivity contribution in [1.82, 2.24) is 4.98 Å². The highest BCUT2D eigenvalue weighted by molar-refractivity contribution is 9.10. The van der Waals surface area contributed by atoms with Crippen molar-refractivity contribution in [2.45, 2.75) is 6.92 Å². The number of ether oxygens (including phenoxy) is 1.